The molecule has 0 atom stereocenters. The maximum absolute atomic E-state index is 13.1. The van der Waals surface area contributed by atoms with Gasteiger partial charge in [-0.3, -0.25) is 0 Å². The van der Waals surface area contributed by atoms with Crippen LogP contribution in [0.15, 0.2) is 41.1 Å². The van der Waals surface area contributed by atoms with Crippen LogP contribution in [-0.2, 0) is 0 Å². The van der Waals surface area contributed by atoms with E-state index in [1.807, 2.05) is 0 Å². The fraction of sp³-hybridized carbons (Fsp3) is 0. The van der Waals surface area contributed by atoms with Gasteiger partial charge in [0.1, 0.15) is 5.15 Å². The van der Waals surface area contributed by atoms with Crippen LogP contribution in [0.3, 0.4) is 0 Å². The lowest BCUT2D eigenvalue weighted by Gasteiger charge is -1.95. The van der Waals surface area contributed by atoms with Crippen molar-refractivity contribution in [1.82, 2.24) is 15.1 Å². The van der Waals surface area contributed by atoms with Crippen molar-refractivity contribution in [3.63, 3.8) is 0 Å². The van der Waals surface area contributed by atoms with Crippen molar-refractivity contribution >= 4 is 11.6 Å². The standard InChI is InChI=1S/C13H6ClF2N3O/c14-11-4-2-8(6-17-11)12-18-13(20-19-12)7-1-3-9(15)10(16)5-7/h1-6H. The van der Waals surface area contributed by atoms with Crippen molar-refractivity contribution in [3.05, 3.63) is 53.3 Å². The van der Waals surface area contributed by atoms with Crippen molar-refractivity contribution in [1.29, 1.82) is 0 Å². The maximum atomic E-state index is 13.1. The van der Waals surface area contributed by atoms with Gasteiger partial charge in [-0.05, 0) is 30.3 Å². The zero-order valence-electron chi connectivity index (χ0n) is 9.85. The van der Waals surface area contributed by atoms with Crippen molar-refractivity contribution < 1.29 is 13.3 Å². The molecular weight excluding hydrogens is 288 g/mol. The highest BCUT2D eigenvalue weighted by atomic mass is 35.5. The lowest BCUT2D eigenvalue weighted by molar-refractivity contribution is 0.431. The zero-order chi connectivity index (χ0) is 14.1. The highest BCUT2D eigenvalue weighted by molar-refractivity contribution is 6.29. The van der Waals surface area contributed by atoms with Crippen molar-refractivity contribution in [2.24, 2.45) is 0 Å². The third-order valence-electron chi connectivity index (χ3n) is 2.58. The summed E-state index contributed by atoms with van der Waals surface area (Å²) in [6.45, 7) is 0. The van der Waals surface area contributed by atoms with Gasteiger partial charge in [-0.2, -0.15) is 4.98 Å². The van der Waals surface area contributed by atoms with E-state index < -0.39 is 11.6 Å². The summed E-state index contributed by atoms with van der Waals surface area (Å²) in [5.41, 5.74) is 0.900. The Hall–Kier alpha value is -2.34. The smallest absolute Gasteiger partial charge is 0.258 e. The van der Waals surface area contributed by atoms with Crippen LogP contribution in [-0.4, -0.2) is 15.1 Å². The molecule has 3 aromatic rings. The Balaban J connectivity index is 1.97. The molecule has 2 heterocycles. The number of aromatic nitrogens is 3. The van der Waals surface area contributed by atoms with Gasteiger partial charge in [0.15, 0.2) is 11.6 Å². The lowest BCUT2D eigenvalue weighted by atomic mass is 10.2. The Morgan fingerprint density at radius 2 is 1.80 bits per heavy atom. The molecular formula is C13H6ClF2N3O. The van der Waals surface area contributed by atoms with Gasteiger partial charge in [0, 0.05) is 17.3 Å². The first kappa shape index (κ1) is 12.7. The van der Waals surface area contributed by atoms with E-state index in [9.17, 15) is 8.78 Å². The zero-order valence-corrected chi connectivity index (χ0v) is 10.6. The molecule has 0 fully saturated rings. The van der Waals surface area contributed by atoms with Gasteiger partial charge in [-0.25, -0.2) is 13.8 Å². The SMILES string of the molecule is Fc1ccc(-c2nc(-c3ccc(Cl)nc3)no2)cc1F. The van der Waals surface area contributed by atoms with Crippen molar-refractivity contribution in [3.8, 4) is 22.8 Å². The Morgan fingerprint density at radius 1 is 1.00 bits per heavy atom. The number of rotatable bonds is 2. The average Bonchev–Trinajstić information content (AvgIpc) is 2.92. The van der Waals surface area contributed by atoms with E-state index in [0.717, 1.165) is 12.1 Å². The molecule has 20 heavy (non-hydrogen) atoms. The molecule has 4 nitrogen and oxygen atoms in total. The molecule has 1 aromatic carbocycles. The van der Waals surface area contributed by atoms with Gasteiger partial charge in [0.05, 0.1) is 0 Å². The molecule has 2 aromatic heterocycles. The van der Waals surface area contributed by atoms with E-state index in [1.54, 1.807) is 12.1 Å². The van der Waals surface area contributed by atoms with Gasteiger partial charge < -0.3 is 4.52 Å². The van der Waals surface area contributed by atoms with E-state index in [1.165, 1.54) is 12.3 Å². The largest absolute Gasteiger partial charge is 0.334 e. The molecule has 0 aliphatic carbocycles. The molecule has 0 N–H and O–H groups in total. The lowest BCUT2D eigenvalue weighted by Crippen LogP contribution is -1.86. The number of hydrogen-bond acceptors (Lipinski definition) is 4. The molecule has 3 rings (SSSR count). The summed E-state index contributed by atoms with van der Waals surface area (Å²) in [7, 11) is 0. The van der Waals surface area contributed by atoms with Crippen LogP contribution < -0.4 is 0 Å². The summed E-state index contributed by atoms with van der Waals surface area (Å²) in [5.74, 6) is -1.53. The molecule has 0 saturated carbocycles. The topological polar surface area (TPSA) is 51.8 Å². The molecule has 0 radical (unpaired) electrons. The number of benzene rings is 1. The summed E-state index contributed by atoms with van der Waals surface area (Å²) in [4.78, 5) is 8.00. The minimum atomic E-state index is -0.976. The monoisotopic (exact) mass is 293 g/mol. The van der Waals surface area contributed by atoms with Crippen LogP contribution in [0.2, 0.25) is 5.15 Å². The highest BCUT2D eigenvalue weighted by Crippen LogP contribution is 2.23. The van der Waals surface area contributed by atoms with Crippen molar-refractivity contribution in [2.75, 3.05) is 0 Å². The Morgan fingerprint density at radius 3 is 2.50 bits per heavy atom. The first-order valence-corrected chi connectivity index (χ1v) is 5.92. The second kappa shape index (κ2) is 4.97. The summed E-state index contributed by atoms with van der Waals surface area (Å²) in [6, 6.07) is 6.61. The van der Waals surface area contributed by atoms with Gasteiger partial charge >= 0.3 is 0 Å². The fourth-order valence-corrected chi connectivity index (χ4v) is 1.71. The third-order valence-corrected chi connectivity index (χ3v) is 2.80. The van der Waals surface area contributed by atoms with Crippen LogP contribution in [0.1, 0.15) is 0 Å². The number of pyridine rings is 1. The third kappa shape index (κ3) is 2.37. The first-order valence-electron chi connectivity index (χ1n) is 5.54. The minimum Gasteiger partial charge on any atom is -0.334 e. The summed E-state index contributed by atoms with van der Waals surface area (Å²) in [5, 5.41) is 4.10. The highest BCUT2D eigenvalue weighted by Gasteiger charge is 2.13. The van der Waals surface area contributed by atoms with E-state index >= 15 is 0 Å². The van der Waals surface area contributed by atoms with Crippen LogP contribution in [0.5, 0.6) is 0 Å². The predicted molar refractivity (Wildman–Crippen MR) is 67.9 cm³/mol. The average molecular weight is 294 g/mol. The molecule has 0 saturated heterocycles. The molecule has 0 aliphatic rings. The minimum absolute atomic E-state index is 0.0915. The quantitative estimate of drug-likeness (QED) is 0.676. The van der Waals surface area contributed by atoms with Crippen LogP contribution in [0, 0.1) is 11.6 Å². The van der Waals surface area contributed by atoms with Crippen LogP contribution in [0.25, 0.3) is 22.8 Å². The van der Waals surface area contributed by atoms with Gasteiger partial charge in [0.25, 0.3) is 5.89 Å². The van der Waals surface area contributed by atoms with E-state index in [0.29, 0.717) is 16.3 Å². The number of nitrogens with zero attached hydrogens (tertiary/aromatic N) is 3. The Bertz CT molecular complexity index is 759. The Kier molecular flexibility index (Phi) is 3.15. The molecule has 7 heteroatoms. The maximum Gasteiger partial charge on any atom is 0.258 e. The predicted octanol–water partition coefficient (Wildman–Crippen LogP) is 3.73. The normalized spacial score (nSPS) is 10.8. The first-order chi connectivity index (χ1) is 9.63. The van der Waals surface area contributed by atoms with E-state index in [-0.39, 0.29) is 11.7 Å². The van der Waals surface area contributed by atoms with E-state index in [4.69, 9.17) is 16.1 Å². The van der Waals surface area contributed by atoms with Crippen molar-refractivity contribution in [2.45, 2.75) is 0 Å². The van der Waals surface area contributed by atoms with Crippen LogP contribution >= 0.6 is 11.6 Å². The van der Waals surface area contributed by atoms with Gasteiger partial charge in [-0.1, -0.05) is 16.8 Å². The second-order valence-electron chi connectivity index (χ2n) is 3.92. The molecule has 0 aliphatic heterocycles. The van der Waals surface area contributed by atoms with Crippen LogP contribution in [0.4, 0.5) is 8.78 Å². The summed E-state index contributed by atoms with van der Waals surface area (Å²) >= 11 is 5.68. The molecule has 0 amide bonds. The fourth-order valence-electron chi connectivity index (χ4n) is 1.60. The number of halogens is 3. The molecule has 0 spiro atoms. The Labute approximate surface area is 117 Å². The van der Waals surface area contributed by atoms with Gasteiger partial charge in [0.2, 0.25) is 5.82 Å². The number of hydrogen-bond donors (Lipinski definition) is 0. The molecule has 0 bridgehead atoms. The van der Waals surface area contributed by atoms with E-state index in [2.05, 4.69) is 15.1 Å². The molecule has 100 valence electrons. The van der Waals surface area contributed by atoms with Gasteiger partial charge in [-0.15, -0.1) is 0 Å². The summed E-state index contributed by atoms with van der Waals surface area (Å²) in [6.07, 6.45) is 1.49. The second-order valence-corrected chi connectivity index (χ2v) is 4.31. The molecule has 0 unspecified atom stereocenters. The summed E-state index contributed by atoms with van der Waals surface area (Å²) < 4.78 is 31.0.